The van der Waals surface area contributed by atoms with Crippen LogP contribution in [0.2, 0.25) is 0 Å². The summed E-state index contributed by atoms with van der Waals surface area (Å²) in [5.41, 5.74) is 12.7. The summed E-state index contributed by atoms with van der Waals surface area (Å²) in [5, 5.41) is 18.3. The third-order valence-electron chi connectivity index (χ3n) is 11.7. The van der Waals surface area contributed by atoms with Crippen molar-refractivity contribution in [3.8, 4) is 16.8 Å². The Morgan fingerprint density at radius 2 is 0.912 bits per heavy atom. The highest BCUT2D eigenvalue weighted by atomic mass is 16.3. The highest BCUT2D eigenvalue weighted by Crippen LogP contribution is 2.41. The van der Waals surface area contributed by atoms with Gasteiger partial charge in [-0.3, -0.25) is 16.0 Å². The lowest BCUT2D eigenvalue weighted by Crippen LogP contribution is -2.54. The molecule has 6 nitrogen and oxygen atoms in total. The van der Waals surface area contributed by atoms with E-state index in [-0.39, 0.29) is 18.5 Å². The van der Waals surface area contributed by atoms with Gasteiger partial charge in [-0.25, -0.2) is 0 Å². The molecule has 0 radical (unpaired) electrons. The molecule has 0 aliphatic carbocycles. The summed E-state index contributed by atoms with van der Waals surface area (Å²) in [6.45, 7) is 0. The molecular weight excluding hydrogens is 701 g/mol. The van der Waals surface area contributed by atoms with Gasteiger partial charge in [-0.05, 0) is 88.5 Å². The Morgan fingerprint density at radius 3 is 1.60 bits per heavy atom. The van der Waals surface area contributed by atoms with Crippen molar-refractivity contribution in [1.29, 1.82) is 0 Å². The van der Waals surface area contributed by atoms with E-state index in [4.69, 9.17) is 8.83 Å². The summed E-state index contributed by atoms with van der Waals surface area (Å²) in [5.74, 6) is 0. The van der Waals surface area contributed by atoms with E-state index < -0.39 is 0 Å². The van der Waals surface area contributed by atoms with Crippen molar-refractivity contribution in [2.24, 2.45) is 0 Å². The highest BCUT2D eigenvalue weighted by Gasteiger charge is 2.30. The number of furan rings is 2. The molecule has 6 heteroatoms. The molecule has 1 aliphatic rings. The first kappa shape index (κ1) is 32.3. The monoisotopic (exact) mass is 736 g/mol. The van der Waals surface area contributed by atoms with Gasteiger partial charge in [-0.15, -0.1) is 0 Å². The van der Waals surface area contributed by atoms with Crippen molar-refractivity contribution < 1.29 is 8.83 Å². The molecule has 8 aromatic carbocycles. The summed E-state index contributed by atoms with van der Waals surface area (Å²) in [6.07, 6.45) is -0.215. The van der Waals surface area contributed by atoms with E-state index in [0.29, 0.717) is 0 Å². The lowest BCUT2D eigenvalue weighted by atomic mass is 9.97. The van der Waals surface area contributed by atoms with E-state index in [1.54, 1.807) is 0 Å². The number of hydrogen-bond acceptors (Lipinski definition) is 5. The molecule has 3 aromatic heterocycles. The normalized spacial score (nSPS) is 17.4. The third-order valence-corrected chi connectivity index (χ3v) is 11.7. The molecule has 11 aromatic rings. The zero-order valence-corrected chi connectivity index (χ0v) is 30.8. The van der Waals surface area contributed by atoms with Crippen molar-refractivity contribution in [3.05, 3.63) is 199 Å². The van der Waals surface area contributed by atoms with Crippen LogP contribution in [0.5, 0.6) is 0 Å². The molecule has 1 fully saturated rings. The maximum atomic E-state index is 6.52. The van der Waals surface area contributed by atoms with E-state index in [1.807, 2.05) is 0 Å². The zero-order chi connectivity index (χ0) is 37.5. The van der Waals surface area contributed by atoms with Gasteiger partial charge in [0.05, 0.1) is 29.5 Å². The Kier molecular flexibility index (Phi) is 7.25. The minimum atomic E-state index is -0.117. The Balaban J connectivity index is 0.974. The van der Waals surface area contributed by atoms with Crippen molar-refractivity contribution in [2.75, 3.05) is 0 Å². The van der Waals surface area contributed by atoms with Gasteiger partial charge in [-0.2, -0.15) is 0 Å². The van der Waals surface area contributed by atoms with Crippen LogP contribution in [0.25, 0.3) is 82.5 Å². The maximum absolute atomic E-state index is 6.52. The Hall–Kier alpha value is -6.96. The lowest BCUT2D eigenvalue weighted by Gasteiger charge is -2.39. The van der Waals surface area contributed by atoms with E-state index in [2.05, 4.69) is 203 Å². The molecular formula is C51H36N4O2. The smallest absolute Gasteiger partial charge is 0.136 e. The van der Waals surface area contributed by atoms with Crippen LogP contribution in [0.1, 0.15) is 35.2 Å². The van der Waals surface area contributed by atoms with Crippen LogP contribution in [0, 0.1) is 0 Å². The van der Waals surface area contributed by atoms with Gasteiger partial charge in [0.15, 0.2) is 0 Å². The largest absolute Gasteiger partial charge is 0.456 e. The second-order valence-corrected chi connectivity index (χ2v) is 15.0. The van der Waals surface area contributed by atoms with Crippen molar-refractivity contribution in [1.82, 2.24) is 20.5 Å². The molecule has 2 unspecified atom stereocenters. The number of aromatic nitrogens is 1. The first-order valence-corrected chi connectivity index (χ1v) is 19.5. The van der Waals surface area contributed by atoms with Crippen LogP contribution in [-0.2, 0) is 0 Å². The first-order valence-electron chi connectivity index (χ1n) is 19.5. The Labute approximate surface area is 327 Å². The van der Waals surface area contributed by atoms with Gasteiger partial charge in [0.2, 0.25) is 0 Å². The van der Waals surface area contributed by atoms with Crippen molar-refractivity contribution in [2.45, 2.75) is 18.5 Å². The standard InChI is InChI=1S/C51H36N4O2/c1-3-12-31(13-4-1)49-52-50(32-14-5-2-6-15-32)54-51(53-49)34-23-26-45-40(29-34)39-28-33(22-25-44(39)56-45)36-18-11-21-47-48(36)41-30-35(24-27-46(41)57-47)55-42-19-9-7-16-37(42)38-17-8-10-20-43(38)55/h1-30,49-54H. The summed E-state index contributed by atoms with van der Waals surface area (Å²) in [6, 6.07) is 64.4. The van der Waals surface area contributed by atoms with Gasteiger partial charge in [0.1, 0.15) is 22.3 Å². The van der Waals surface area contributed by atoms with E-state index in [9.17, 15) is 0 Å². The summed E-state index contributed by atoms with van der Waals surface area (Å²) in [7, 11) is 0. The van der Waals surface area contributed by atoms with E-state index in [0.717, 1.165) is 66.3 Å². The average Bonchev–Trinajstić information content (AvgIpc) is 3.95. The van der Waals surface area contributed by atoms with Crippen LogP contribution in [0.4, 0.5) is 0 Å². The fourth-order valence-electron chi connectivity index (χ4n) is 9.05. The number of benzene rings is 8. The van der Waals surface area contributed by atoms with Crippen LogP contribution in [0.15, 0.2) is 191 Å². The fraction of sp³-hybridized carbons (Fsp3) is 0.0588. The minimum Gasteiger partial charge on any atom is -0.456 e. The molecule has 0 saturated carbocycles. The molecule has 0 amide bonds. The van der Waals surface area contributed by atoms with Crippen LogP contribution in [-0.4, -0.2) is 4.57 Å². The molecule has 272 valence electrons. The molecule has 2 atom stereocenters. The van der Waals surface area contributed by atoms with Gasteiger partial charge in [-0.1, -0.05) is 121 Å². The number of rotatable bonds is 5. The van der Waals surface area contributed by atoms with E-state index in [1.165, 1.54) is 32.9 Å². The van der Waals surface area contributed by atoms with Gasteiger partial charge < -0.3 is 13.4 Å². The number of para-hydroxylation sites is 2. The number of fused-ring (bicyclic) bond motifs is 9. The topological polar surface area (TPSA) is 67.3 Å². The predicted molar refractivity (Wildman–Crippen MR) is 231 cm³/mol. The average molecular weight is 737 g/mol. The SMILES string of the molecule is c1ccc(C2NC(c3ccccc3)NC(c3ccc4oc5ccc(-c6cccc7oc8ccc(-n9c%10ccccc%10c%10ccccc%109)cc8c67)cc5c4c3)N2)cc1. The number of nitrogens with one attached hydrogen (secondary N) is 3. The molecule has 0 spiro atoms. The Bertz CT molecular complexity index is 3210. The first-order chi connectivity index (χ1) is 28.2. The molecule has 3 N–H and O–H groups in total. The number of hydrogen-bond donors (Lipinski definition) is 3. The van der Waals surface area contributed by atoms with E-state index >= 15 is 0 Å². The predicted octanol–water partition coefficient (Wildman–Crippen LogP) is 12.4. The minimum absolute atomic E-state index is 0.0493. The molecule has 57 heavy (non-hydrogen) atoms. The summed E-state index contributed by atoms with van der Waals surface area (Å²) >= 11 is 0. The van der Waals surface area contributed by atoms with Gasteiger partial charge in [0, 0.05) is 38.0 Å². The molecule has 0 bridgehead atoms. The van der Waals surface area contributed by atoms with Gasteiger partial charge in [0.25, 0.3) is 0 Å². The second-order valence-electron chi connectivity index (χ2n) is 15.0. The van der Waals surface area contributed by atoms with Crippen LogP contribution in [0.3, 0.4) is 0 Å². The molecule has 1 saturated heterocycles. The number of nitrogens with zero attached hydrogens (tertiary/aromatic N) is 1. The molecule has 12 rings (SSSR count). The van der Waals surface area contributed by atoms with Crippen LogP contribution >= 0.6 is 0 Å². The molecule has 4 heterocycles. The molecule has 1 aliphatic heterocycles. The Morgan fingerprint density at radius 1 is 0.368 bits per heavy atom. The van der Waals surface area contributed by atoms with Crippen molar-refractivity contribution in [3.63, 3.8) is 0 Å². The summed E-state index contributed by atoms with van der Waals surface area (Å²) in [4.78, 5) is 0. The summed E-state index contributed by atoms with van der Waals surface area (Å²) < 4.78 is 15.3. The van der Waals surface area contributed by atoms with Crippen LogP contribution < -0.4 is 16.0 Å². The lowest BCUT2D eigenvalue weighted by molar-refractivity contribution is 0.203. The van der Waals surface area contributed by atoms with Crippen molar-refractivity contribution >= 4 is 65.7 Å². The quantitative estimate of drug-likeness (QED) is 0.164. The third kappa shape index (κ3) is 5.23. The highest BCUT2D eigenvalue weighted by molar-refractivity contribution is 6.15. The fourth-order valence-corrected chi connectivity index (χ4v) is 9.05. The second kappa shape index (κ2) is 12.8. The zero-order valence-electron chi connectivity index (χ0n) is 30.8. The van der Waals surface area contributed by atoms with Gasteiger partial charge >= 0.3 is 0 Å². The maximum Gasteiger partial charge on any atom is 0.136 e.